The van der Waals surface area contributed by atoms with E-state index in [0.29, 0.717) is 44.0 Å². The molecule has 1 N–H and O–H groups in total. The number of likely N-dealkylation sites (tertiary alicyclic amines) is 2. The maximum Gasteiger partial charge on any atom is 0.236 e. The summed E-state index contributed by atoms with van der Waals surface area (Å²) in [4.78, 5) is 40.0. The summed E-state index contributed by atoms with van der Waals surface area (Å²) in [6, 6.07) is 14.6. The zero-order valence-electron chi connectivity index (χ0n) is 18.8. The molecule has 1 unspecified atom stereocenters. The Labute approximate surface area is 196 Å². The average Bonchev–Trinajstić information content (AvgIpc) is 3.52. The zero-order chi connectivity index (χ0) is 23.5. The highest BCUT2D eigenvalue weighted by Gasteiger charge is 2.31. The first-order valence-electron chi connectivity index (χ1n) is 11.6. The molecule has 2 aromatic carbocycles. The molecule has 0 radical (unpaired) electrons. The van der Waals surface area contributed by atoms with Gasteiger partial charge in [0.1, 0.15) is 11.2 Å². The number of hydrogen-bond donors (Lipinski definition) is 1. The number of benzene rings is 2. The Balaban J connectivity index is 1.09. The molecule has 2 aliphatic rings. The molecule has 2 amide bonds. The van der Waals surface area contributed by atoms with E-state index in [-0.39, 0.29) is 23.8 Å². The molecule has 34 heavy (non-hydrogen) atoms. The highest BCUT2D eigenvalue weighted by atomic mass is 16.3. The highest BCUT2D eigenvalue weighted by Crippen LogP contribution is 2.26. The number of nitroso groups, excluding NO2 is 1. The minimum atomic E-state index is -0.164. The van der Waals surface area contributed by atoms with Crippen molar-refractivity contribution in [3.8, 4) is 0 Å². The fourth-order valence-corrected chi connectivity index (χ4v) is 4.85. The van der Waals surface area contributed by atoms with Crippen molar-refractivity contribution in [2.45, 2.75) is 25.3 Å². The van der Waals surface area contributed by atoms with Crippen LogP contribution < -0.4 is 5.32 Å². The first-order valence-corrected chi connectivity index (χ1v) is 11.6. The Morgan fingerprint density at radius 2 is 1.76 bits per heavy atom. The van der Waals surface area contributed by atoms with E-state index in [4.69, 9.17) is 0 Å². The predicted octanol–water partition coefficient (Wildman–Crippen LogP) is 2.95. The molecule has 2 aliphatic heterocycles. The molecule has 2 fully saturated rings. The molecule has 10 nitrogen and oxygen atoms in total. The van der Waals surface area contributed by atoms with E-state index in [1.165, 1.54) is 0 Å². The van der Waals surface area contributed by atoms with Crippen LogP contribution in [0, 0.1) is 10.8 Å². The van der Waals surface area contributed by atoms with Crippen molar-refractivity contribution in [2.24, 2.45) is 11.1 Å². The number of piperidine rings is 1. The molecular formula is C24H27N7O3. The Bertz CT molecular complexity index is 1180. The van der Waals surface area contributed by atoms with E-state index >= 15 is 0 Å². The van der Waals surface area contributed by atoms with Gasteiger partial charge in [-0.1, -0.05) is 17.3 Å². The first-order chi connectivity index (χ1) is 16.6. The van der Waals surface area contributed by atoms with E-state index in [9.17, 15) is 14.5 Å². The molecule has 0 aliphatic carbocycles. The summed E-state index contributed by atoms with van der Waals surface area (Å²) in [7, 11) is 0. The van der Waals surface area contributed by atoms with E-state index in [0.717, 1.165) is 30.4 Å². The molecular weight excluding hydrogens is 434 g/mol. The van der Waals surface area contributed by atoms with Gasteiger partial charge in [-0.05, 0) is 67.4 Å². The number of para-hydroxylation sites is 1. The van der Waals surface area contributed by atoms with Gasteiger partial charge in [-0.25, -0.2) is 4.68 Å². The SMILES string of the molecule is O=Nc1ccc(NC(=O)C2CCN(CC(=O)N3CCC(n4nnc5ccccc54)CC3)C2)cc1. The molecule has 3 heterocycles. The number of rotatable bonds is 6. The third-order valence-electron chi connectivity index (χ3n) is 6.78. The van der Waals surface area contributed by atoms with Crippen molar-refractivity contribution >= 4 is 34.2 Å². The van der Waals surface area contributed by atoms with Gasteiger partial charge in [-0.15, -0.1) is 10.0 Å². The van der Waals surface area contributed by atoms with Crippen molar-refractivity contribution in [1.29, 1.82) is 0 Å². The summed E-state index contributed by atoms with van der Waals surface area (Å²) in [5.74, 6) is -0.120. The fraction of sp³-hybridized carbons (Fsp3) is 0.417. The van der Waals surface area contributed by atoms with Gasteiger partial charge in [0.2, 0.25) is 11.8 Å². The second-order valence-electron chi connectivity index (χ2n) is 8.98. The second-order valence-corrected chi connectivity index (χ2v) is 8.98. The van der Waals surface area contributed by atoms with Gasteiger partial charge in [-0.3, -0.25) is 14.5 Å². The van der Waals surface area contributed by atoms with Crippen LogP contribution in [0.3, 0.4) is 0 Å². The summed E-state index contributed by atoms with van der Waals surface area (Å²) in [5.41, 5.74) is 2.88. The average molecular weight is 462 g/mol. The molecule has 5 rings (SSSR count). The maximum atomic E-state index is 12.9. The lowest BCUT2D eigenvalue weighted by atomic mass is 10.0. The number of anilines is 1. The molecule has 1 aromatic heterocycles. The van der Waals surface area contributed by atoms with Crippen LogP contribution in [0.4, 0.5) is 11.4 Å². The van der Waals surface area contributed by atoms with Crippen molar-refractivity contribution in [3.63, 3.8) is 0 Å². The van der Waals surface area contributed by atoms with Gasteiger partial charge in [0.15, 0.2) is 0 Å². The Morgan fingerprint density at radius 3 is 2.53 bits per heavy atom. The number of fused-ring (bicyclic) bond motifs is 1. The van der Waals surface area contributed by atoms with Crippen molar-refractivity contribution < 1.29 is 9.59 Å². The number of carbonyl (C=O) groups excluding carboxylic acids is 2. The number of aromatic nitrogens is 3. The Hall–Kier alpha value is -3.66. The lowest BCUT2D eigenvalue weighted by molar-refractivity contribution is -0.133. The van der Waals surface area contributed by atoms with Crippen LogP contribution in [0.25, 0.3) is 11.0 Å². The first kappa shape index (κ1) is 22.1. The number of nitrogens with zero attached hydrogens (tertiary/aromatic N) is 6. The number of hydrogen-bond acceptors (Lipinski definition) is 7. The van der Waals surface area contributed by atoms with Gasteiger partial charge in [0.05, 0.1) is 24.0 Å². The van der Waals surface area contributed by atoms with Crippen LogP contribution in [-0.4, -0.2) is 69.3 Å². The monoisotopic (exact) mass is 461 g/mol. The highest BCUT2D eigenvalue weighted by molar-refractivity contribution is 5.93. The van der Waals surface area contributed by atoms with Crippen molar-refractivity contribution in [3.05, 3.63) is 53.4 Å². The lowest BCUT2D eigenvalue weighted by Gasteiger charge is -2.33. The topological polar surface area (TPSA) is 113 Å². The number of nitrogens with one attached hydrogen (secondary N) is 1. The molecule has 0 spiro atoms. The third-order valence-corrected chi connectivity index (χ3v) is 6.78. The predicted molar refractivity (Wildman–Crippen MR) is 127 cm³/mol. The van der Waals surface area contributed by atoms with Gasteiger partial charge in [0.25, 0.3) is 0 Å². The van der Waals surface area contributed by atoms with Gasteiger partial charge in [0, 0.05) is 25.3 Å². The summed E-state index contributed by atoms with van der Waals surface area (Å²) in [5, 5.41) is 14.3. The van der Waals surface area contributed by atoms with E-state index in [2.05, 4.69) is 25.7 Å². The minimum Gasteiger partial charge on any atom is -0.341 e. The van der Waals surface area contributed by atoms with Crippen molar-refractivity contribution in [1.82, 2.24) is 24.8 Å². The summed E-state index contributed by atoms with van der Waals surface area (Å²) >= 11 is 0. The quantitative estimate of drug-likeness (QED) is 0.565. The largest absolute Gasteiger partial charge is 0.341 e. The molecule has 10 heteroatoms. The van der Waals surface area contributed by atoms with Gasteiger partial charge >= 0.3 is 0 Å². The summed E-state index contributed by atoms with van der Waals surface area (Å²) < 4.78 is 1.99. The van der Waals surface area contributed by atoms with Crippen LogP contribution >= 0.6 is 0 Å². The van der Waals surface area contributed by atoms with E-state index < -0.39 is 0 Å². The standard InChI is InChI=1S/C24H27N7O3/c32-23(30-13-10-20(11-14-30)31-22-4-2-1-3-21(22)26-28-31)16-29-12-9-17(15-29)24(33)25-18-5-7-19(27-34)8-6-18/h1-8,17,20H,9-16H2,(H,25,33). The molecule has 2 saturated heterocycles. The van der Waals surface area contributed by atoms with Gasteiger partial charge in [-0.2, -0.15) is 0 Å². The zero-order valence-corrected chi connectivity index (χ0v) is 18.8. The molecule has 176 valence electrons. The molecule has 3 aromatic rings. The third kappa shape index (κ3) is 4.67. The van der Waals surface area contributed by atoms with Crippen molar-refractivity contribution in [2.75, 3.05) is 38.0 Å². The fourth-order valence-electron chi connectivity index (χ4n) is 4.85. The number of carbonyl (C=O) groups is 2. The maximum absolute atomic E-state index is 12.9. The van der Waals surface area contributed by atoms with Crippen LogP contribution in [0.2, 0.25) is 0 Å². The summed E-state index contributed by atoms with van der Waals surface area (Å²) in [6.07, 6.45) is 2.42. The Kier molecular flexibility index (Phi) is 6.31. The normalized spacial score (nSPS) is 19.4. The van der Waals surface area contributed by atoms with Crippen LogP contribution in [0.5, 0.6) is 0 Å². The Morgan fingerprint density at radius 1 is 1.00 bits per heavy atom. The number of amides is 2. The van der Waals surface area contributed by atoms with Crippen LogP contribution in [-0.2, 0) is 9.59 Å². The van der Waals surface area contributed by atoms with Crippen LogP contribution in [0.15, 0.2) is 53.7 Å². The molecule has 0 saturated carbocycles. The smallest absolute Gasteiger partial charge is 0.236 e. The molecule has 0 bridgehead atoms. The summed E-state index contributed by atoms with van der Waals surface area (Å²) in [6.45, 7) is 3.01. The second kappa shape index (κ2) is 9.68. The van der Waals surface area contributed by atoms with E-state index in [1.807, 2.05) is 33.8 Å². The lowest BCUT2D eigenvalue weighted by Crippen LogP contribution is -2.44. The van der Waals surface area contributed by atoms with Gasteiger partial charge < -0.3 is 10.2 Å². The van der Waals surface area contributed by atoms with Crippen LogP contribution in [0.1, 0.15) is 25.3 Å². The minimum absolute atomic E-state index is 0.0670. The molecule has 1 atom stereocenters. The van der Waals surface area contributed by atoms with E-state index in [1.54, 1.807) is 24.3 Å².